The Morgan fingerprint density at radius 3 is 2.75 bits per heavy atom. The summed E-state index contributed by atoms with van der Waals surface area (Å²) in [6.45, 7) is 4.99. The maximum atomic E-state index is 10.9. The minimum atomic E-state index is -0.889. The van der Waals surface area contributed by atoms with Crippen molar-refractivity contribution in [2.75, 3.05) is 26.4 Å². The third kappa shape index (κ3) is 3.17. The molecule has 0 bridgehead atoms. The molecule has 1 fully saturated rings. The highest BCUT2D eigenvalue weighted by Gasteiger charge is 2.36. The zero-order chi connectivity index (χ0) is 12.2. The van der Waals surface area contributed by atoms with Crippen LogP contribution in [0.4, 0.5) is 0 Å². The van der Waals surface area contributed by atoms with Crippen LogP contribution in [0, 0.1) is 5.41 Å². The lowest BCUT2D eigenvalue weighted by atomic mass is 9.92. The maximum absolute atomic E-state index is 10.9. The van der Waals surface area contributed by atoms with Crippen molar-refractivity contribution in [2.24, 2.45) is 11.1 Å². The second kappa shape index (κ2) is 5.12. The van der Waals surface area contributed by atoms with Crippen molar-refractivity contribution < 1.29 is 19.4 Å². The minimum Gasteiger partial charge on any atom is -0.481 e. The van der Waals surface area contributed by atoms with Gasteiger partial charge in [-0.3, -0.25) is 4.79 Å². The Balaban J connectivity index is 2.54. The van der Waals surface area contributed by atoms with E-state index >= 15 is 0 Å². The number of ether oxygens (including phenoxy) is 2. The number of carboxylic acid groups (broad SMARTS) is 1. The molecule has 0 spiro atoms. The first-order valence-electron chi connectivity index (χ1n) is 5.57. The van der Waals surface area contributed by atoms with E-state index in [4.69, 9.17) is 20.3 Å². The molecule has 94 valence electrons. The number of aliphatic carboxylic acids is 1. The minimum absolute atomic E-state index is 0.156. The molecule has 0 aromatic rings. The van der Waals surface area contributed by atoms with E-state index in [0.717, 1.165) is 19.4 Å². The second-order valence-electron chi connectivity index (χ2n) is 5.02. The Hall–Kier alpha value is -0.650. The molecular weight excluding hydrogens is 210 g/mol. The quantitative estimate of drug-likeness (QED) is 0.725. The average molecular weight is 231 g/mol. The van der Waals surface area contributed by atoms with Crippen LogP contribution in [0.3, 0.4) is 0 Å². The predicted molar refractivity (Wildman–Crippen MR) is 59.2 cm³/mol. The number of carboxylic acids is 1. The molecule has 1 aliphatic rings. The van der Waals surface area contributed by atoms with Gasteiger partial charge in [-0.15, -0.1) is 0 Å². The van der Waals surface area contributed by atoms with E-state index in [9.17, 15) is 4.79 Å². The van der Waals surface area contributed by atoms with Crippen molar-refractivity contribution in [1.82, 2.24) is 0 Å². The highest BCUT2D eigenvalue weighted by Crippen LogP contribution is 2.26. The fourth-order valence-corrected chi connectivity index (χ4v) is 1.56. The molecule has 1 unspecified atom stereocenters. The Labute approximate surface area is 95.9 Å². The summed E-state index contributed by atoms with van der Waals surface area (Å²) in [4.78, 5) is 10.9. The van der Waals surface area contributed by atoms with E-state index in [-0.39, 0.29) is 6.61 Å². The highest BCUT2D eigenvalue weighted by atomic mass is 16.5. The first kappa shape index (κ1) is 13.4. The van der Waals surface area contributed by atoms with Gasteiger partial charge in [-0.1, -0.05) is 0 Å². The molecular formula is C11H21NO4. The summed E-state index contributed by atoms with van der Waals surface area (Å²) >= 11 is 0. The number of nitrogens with two attached hydrogens (primary N) is 1. The molecule has 5 nitrogen and oxygen atoms in total. The number of rotatable bonds is 5. The summed E-state index contributed by atoms with van der Waals surface area (Å²) < 4.78 is 11.1. The smallest absolute Gasteiger partial charge is 0.311 e. The third-order valence-electron chi connectivity index (χ3n) is 2.98. The van der Waals surface area contributed by atoms with E-state index in [1.54, 1.807) is 13.8 Å². The lowest BCUT2D eigenvalue weighted by molar-refractivity contribution is -0.165. The van der Waals surface area contributed by atoms with Crippen LogP contribution in [0.5, 0.6) is 0 Å². The van der Waals surface area contributed by atoms with Gasteiger partial charge >= 0.3 is 5.97 Å². The van der Waals surface area contributed by atoms with Gasteiger partial charge in [0.25, 0.3) is 0 Å². The third-order valence-corrected chi connectivity index (χ3v) is 2.98. The zero-order valence-electron chi connectivity index (χ0n) is 9.99. The van der Waals surface area contributed by atoms with Crippen LogP contribution in [-0.4, -0.2) is 43.0 Å². The van der Waals surface area contributed by atoms with Crippen LogP contribution in [0.15, 0.2) is 0 Å². The Morgan fingerprint density at radius 2 is 2.31 bits per heavy atom. The average Bonchev–Trinajstić information content (AvgIpc) is 2.28. The van der Waals surface area contributed by atoms with Crippen molar-refractivity contribution in [3.8, 4) is 0 Å². The van der Waals surface area contributed by atoms with Crippen LogP contribution in [0.1, 0.15) is 26.7 Å². The molecule has 1 atom stereocenters. The van der Waals surface area contributed by atoms with Crippen molar-refractivity contribution >= 4 is 5.97 Å². The predicted octanol–water partition coefficient (Wildman–Crippen LogP) is 0.622. The van der Waals surface area contributed by atoms with Gasteiger partial charge in [-0.05, 0) is 26.7 Å². The van der Waals surface area contributed by atoms with Crippen molar-refractivity contribution in [2.45, 2.75) is 32.3 Å². The van der Waals surface area contributed by atoms with Crippen LogP contribution in [-0.2, 0) is 14.3 Å². The van der Waals surface area contributed by atoms with Gasteiger partial charge in [0, 0.05) is 13.2 Å². The molecule has 3 N–H and O–H groups in total. The molecule has 1 aliphatic heterocycles. The highest BCUT2D eigenvalue weighted by molar-refractivity contribution is 5.73. The monoisotopic (exact) mass is 231 g/mol. The topological polar surface area (TPSA) is 81.8 Å². The van der Waals surface area contributed by atoms with Gasteiger partial charge in [-0.25, -0.2) is 0 Å². The van der Waals surface area contributed by atoms with Crippen molar-refractivity contribution in [3.63, 3.8) is 0 Å². The Morgan fingerprint density at radius 1 is 1.62 bits per heavy atom. The van der Waals surface area contributed by atoms with Crippen LogP contribution < -0.4 is 5.73 Å². The summed E-state index contributed by atoms with van der Waals surface area (Å²) in [5.74, 6) is -0.864. The standard InChI is InChI=1S/C11H21NO4/c1-10(2,9(13)14)7-16-11(6-12)4-3-5-15-8-11/h3-8,12H2,1-2H3,(H,13,14). The zero-order valence-corrected chi connectivity index (χ0v) is 9.99. The van der Waals surface area contributed by atoms with Gasteiger partial charge in [0.15, 0.2) is 0 Å². The summed E-state index contributed by atoms with van der Waals surface area (Å²) in [7, 11) is 0. The van der Waals surface area contributed by atoms with Crippen LogP contribution in [0.2, 0.25) is 0 Å². The second-order valence-corrected chi connectivity index (χ2v) is 5.02. The summed E-state index contributed by atoms with van der Waals surface area (Å²) in [6, 6.07) is 0. The first-order valence-corrected chi connectivity index (χ1v) is 5.57. The molecule has 0 radical (unpaired) electrons. The van der Waals surface area contributed by atoms with Crippen LogP contribution >= 0.6 is 0 Å². The summed E-state index contributed by atoms with van der Waals surface area (Å²) in [5.41, 5.74) is 4.31. The van der Waals surface area contributed by atoms with E-state index in [0.29, 0.717) is 13.2 Å². The SMILES string of the molecule is CC(C)(COC1(CN)CCCOC1)C(=O)O. The van der Waals surface area contributed by atoms with Gasteiger partial charge in [0.1, 0.15) is 5.60 Å². The summed E-state index contributed by atoms with van der Waals surface area (Å²) in [5, 5.41) is 8.98. The number of carbonyl (C=O) groups is 1. The van der Waals surface area contributed by atoms with Gasteiger partial charge in [0.2, 0.25) is 0 Å². The Bertz CT molecular complexity index is 246. The van der Waals surface area contributed by atoms with Gasteiger partial charge in [-0.2, -0.15) is 0 Å². The molecule has 5 heteroatoms. The molecule has 1 saturated heterocycles. The number of hydrogen-bond donors (Lipinski definition) is 2. The maximum Gasteiger partial charge on any atom is 0.311 e. The van der Waals surface area contributed by atoms with E-state index in [2.05, 4.69) is 0 Å². The Kier molecular flexibility index (Phi) is 4.29. The molecule has 0 aromatic carbocycles. The normalized spacial score (nSPS) is 26.7. The lowest BCUT2D eigenvalue weighted by Crippen LogP contribution is -2.49. The molecule has 0 aliphatic carbocycles. The fourth-order valence-electron chi connectivity index (χ4n) is 1.56. The lowest BCUT2D eigenvalue weighted by Gasteiger charge is -2.37. The van der Waals surface area contributed by atoms with Gasteiger partial charge in [0.05, 0.1) is 18.6 Å². The molecule has 16 heavy (non-hydrogen) atoms. The van der Waals surface area contributed by atoms with E-state index < -0.39 is 17.0 Å². The molecule has 1 rings (SSSR count). The number of hydrogen-bond acceptors (Lipinski definition) is 4. The van der Waals surface area contributed by atoms with Crippen molar-refractivity contribution in [3.05, 3.63) is 0 Å². The molecule has 1 heterocycles. The summed E-state index contributed by atoms with van der Waals surface area (Å²) in [6.07, 6.45) is 1.74. The van der Waals surface area contributed by atoms with Crippen molar-refractivity contribution in [1.29, 1.82) is 0 Å². The van der Waals surface area contributed by atoms with E-state index in [1.807, 2.05) is 0 Å². The van der Waals surface area contributed by atoms with E-state index in [1.165, 1.54) is 0 Å². The van der Waals surface area contributed by atoms with Gasteiger partial charge < -0.3 is 20.3 Å². The molecule has 0 saturated carbocycles. The molecule has 0 amide bonds. The fraction of sp³-hybridized carbons (Fsp3) is 0.909. The molecule has 0 aromatic heterocycles. The largest absolute Gasteiger partial charge is 0.481 e. The van der Waals surface area contributed by atoms with Crippen LogP contribution in [0.25, 0.3) is 0 Å². The first-order chi connectivity index (χ1) is 7.42.